The normalized spacial score (nSPS) is 22.9. The van der Waals surface area contributed by atoms with E-state index in [2.05, 4.69) is 36.4 Å². The van der Waals surface area contributed by atoms with E-state index in [0.29, 0.717) is 19.3 Å². The summed E-state index contributed by atoms with van der Waals surface area (Å²) in [6.07, 6.45) is 1.32. The van der Waals surface area contributed by atoms with Crippen LogP contribution in [0.25, 0.3) is 0 Å². The van der Waals surface area contributed by atoms with Gasteiger partial charge in [0.05, 0.1) is 31.5 Å². The summed E-state index contributed by atoms with van der Waals surface area (Å²) in [6, 6.07) is 0. The lowest BCUT2D eigenvalue weighted by molar-refractivity contribution is -0.0486. The van der Waals surface area contributed by atoms with Crippen LogP contribution in [0.1, 0.15) is 20.3 Å². The average molecular weight is 314 g/mol. The van der Waals surface area contributed by atoms with E-state index in [1.165, 1.54) is 0 Å². The first-order valence-electron chi connectivity index (χ1n) is 5.03. The Hall–Kier alpha value is 0.610. The maximum absolute atomic E-state index is 5.67. The van der Waals surface area contributed by atoms with Gasteiger partial charge in [-0.05, 0) is 20.3 Å². The third-order valence-electron chi connectivity index (χ3n) is 2.14. The summed E-state index contributed by atoms with van der Waals surface area (Å²) in [5.74, 6) is 0. The van der Waals surface area contributed by atoms with Gasteiger partial charge in [0.25, 0.3) is 0 Å². The summed E-state index contributed by atoms with van der Waals surface area (Å²) in [4.78, 5) is 0. The fourth-order valence-corrected chi connectivity index (χ4v) is 1.44. The fourth-order valence-electron chi connectivity index (χ4n) is 1.22. The van der Waals surface area contributed by atoms with Crippen molar-refractivity contribution in [1.29, 1.82) is 0 Å². The summed E-state index contributed by atoms with van der Waals surface area (Å²) in [5.41, 5.74) is -0.0317. The van der Waals surface area contributed by atoms with Gasteiger partial charge in [-0.3, -0.25) is 0 Å². The van der Waals surface area contributed by atoms with Crippen LogP contribution >= 0.6 is 22.6 Å². The van der Waals surface area contributed by atoms with Gasteiger partial charge in [0.15, 0.2) is 0 Å². The first kappa shape index (κ1) is 12.7. The maximum atomic E-state index is 5.67. The van der Waals surface area contributed by atoms with E-state index in [0.717, 1.165) is 24.1 Å². The quantitative estimate of drug-likeness (QED) is 0.426. The van der Waals surface area contributed by atoms with E-state index in [1.54, 1.807) is 0 Å². The second kappa shape index (κ2) is 6.25. The van der Waals surface area contributed by atoms with Crippen molar-refractivity contribution in [3.63, 3.8) is 0 Å². The van der Waals surface area contributed by atoms with Crippen molar-refractivity contribution >= 4 is 22.6 Å². The van der Waals surface area contributed by atoms with E-state index in [-0.39, 0.29) is 5.60 Å². The minimum absolute atomic E-state index is 0.0317. The molecule has 0 amide bonds. The highest BCUT2D eigenvalue weighted by atomic mass is 127. The topological polar surface area (TPSA) is 27.7 Å². The van der Waals surface area contributed by atoms with E-state index in [9.17, 15) is 0 Å². The number of alkyl halides is 1. The summed E-state index contributed by atoms with van der Waals surface area (Å²) in [5, 5.41) is 0. The minimum atomic E-state index is -0.0317. The molecule has 0 aliphatic carbocycles. The molecule has 1 rings (SSSR count). The Morgan fingerprint density at radius 1 is 1.43 bits per heavy atom. The van der Waals surface area contributed by atoms with Gasteiger partial charge in [-0.15, -0.1) is 0 Å². The molecule has 1 fully saturated rings. The molecule has 1 unspecified atom stereocenters. The Balaban J connectivity index is 1.98. The van der Waals surface area contributed by atoms with E-state index >= 15 is 0 Å². The number of ether oxygens (including phenoxy) is 3. The van der Waals surface area contributed by atoms with Crippen LogP contribution in [0.5, 0.6) is 0 Å². The van der Waals surface area contributed by atoms with Crippen molar-refractivity contribution in [3.8, 4) is 0 Å². The third-order valence-corrected chi connectivity index (χ3v) is 3.98. The Labute approximate surface area is 99.6 Å². The van der Waals surface area contributed by atoms with Crippen molar-refractivity contribution in [3.05, 3.63) is 0 Å². The van der Waals surface area contributed by atoms with Crippen molar-refractivity contribution in [2.75, 3.05) is 30.9 Å². The predicted molar refractivity (Wildman–Crippen MR) is 64.1 cm³/mol. The van der Waals surface area contributed by atoms with E-state index < -0.39 is 0 Å². The molecule has 4 heteroatoms. The van der Waals surface area contributed by atoms with Crippen LogP contribution < -0.4 is 0 Å². The summed E-state index contributed by atoms with van der Waals surface area (Å²) in [7, 11) is 0. The third kappa shape index (κ3) is 4.91. The zero-order valence-corrected chi connectivity index (χ0v) is 11.1. The van der Waals surface area contributed by atoms with Crippen molar-refractivity contribution in [2.24, 2.45) is 0 Å². The highest BCUT2D eigenvalue weighted by molar-refractivity contribution is 14.1. The zero-order chi connectivity index (χ0) is 10.4. The smallest absolute Gasteiger partial charge is 0.0831 e. The lowest BCUT2D eigenvalue weighted by atomic mass is 10.2. The van der Waals surface area contributed by atoms with Gasteiger partial charge in [-0.25, -0.2) is 0 Å². The molecule has 0 saturated carbocycles. The van der Waals surface area contributed by atoms with Gasteiger partial charge in [0, 0.05) is 11.0 Å². The number of halogens is 1. The molecule has 0 spiro atoms. The van der Waals surface area contributed by atoms with Crippen LogP contribution in [-0.2, 0) is 14.2 Å². The molecule has 1 saturated heterocycles. The summed E-state index contributed by atoms with van der Waals surface area (Å²) in [6.45, 7) is 7.12. The summed E-state index contributed by atoms with van der Waals surface area (Å²) >= 11 is 2.33. The number of hydrogen-bond acceptors (Lipinski definition) is 3. The SMILES string of the molecule is CC(C)(CI)OCCOC1CCOC1. The standard InChI is InChI=1S/C10H19IO3/c1-10(2,8-11)14-6-5-13-9-3-4-12-7-9/h9H,3-8H2,1-2H3. The molecule has 0 bridgehead atoms. The van der Waals surface area contributed by atoms with Gasteiger partial charge < -0.3 is 14.2 Å². The largest absolute Gasteiger partial charge is 0.379 e. The van der Waals surface area contributed by atoms with Crippen LogP contribution in [0, 0.1) is 0 Å². The fraction of sp³-hybridized carbons (Fsp3) is 1.00. The first-order valence-corrected chi connectivity index (χ1v) is 6.56. The molecule has 84 valence electrons. The Morgan fingerprint density at radius 3 is 2.79 bits per heavy atom. The molecule has 0 radical (unpaired) electrons. The molecule has 0 aromatic heterocycles. The number of hydrogen-bond donors (Lipinski definition) is 0. The van der Waals surface area contributed by atoms with Crippen LogP contribution in [0.4, 0.5) is 0 Å². The van der Waals surface area contributed by atoms with E-state index in [1.807, 2.05) is 0 Å². The van der Waals surface area contributed by atoms with Crippen LogP contribution in [-0.4, -0.2) is 42.6 Å². The molecule has 1 aliphatic rings. The summed E-state index contributed by atoms with van der Waals surface area (Å²) < 4.78 is 17.5. The average Bonchev–Trinajstić information content (AvgIpc) is 2.65. The molecule has 1 heterocycles. The molecule has 0 aromatic rings. The lowest BCUT2D eigenvalue weighted by Gasteiger charge is -2.22. The van der Waals surface area contributed by atoms with Crippen LogP contribution in [0.3, 0.4) is 0 Å². The van der Waals surface area contributed by atoms with Gasteiger partial charge in [0.1, 0.15) is 0 Å². The molecule has 3 nitrogen and oxygen atoms in total. The second-order valence-corrected chi connectivity index (χ2v) is 4.86. The first-order chi connectivity index (χ1) is 6.64. The molecule has 1 atom stereocenters. The minimum Gasteiger partial charge on any atom is -0.379 e. The van der Waals surface area contributed by atoms with Gasteiger partial charge in [0.2, 0.25) is 0 Å². The van der Waals surface area contributed by atoms with E-state index in [4.69, 9.17) is 14.2 Å². The van der Waals surface area contributed by atoms with Crippen molar-refractivity contribution in [1.82, 2.24) is 0 Å². The van der Waals surface area contributed by atoms with Crippen molar-refractivity contribution in [2.45, 2.75) is 32.0 Å². The Kier molecular flexibility index (Phi) is 5.66. The highest BCUT2D eigenvalue weighted by Gasteiger charge is 2.18. The lowest BCUT2D eigenvalue weighted by Crippen LogP contribution is -2.28. The monoisotopic (exact) mass is 314 g/mol. The molecule has 0 N–H and O–H groups in total. The molecular formula is C10H19IO3. The van der Waals surface area contributed by atoms with Gasteiger partial charge in [-0.2, -0.15) is 0 Å². The zero-order valence-electron chi connectivity index (χ0n) is 8.92. The predicted octanol–water partition coefficient (Wildman–Crippen LogP) is 2.02. The van der Waals surface area contributed by atoms with Gasteiger partial charge in [-0.1, -0.05) is 22.6 Å². The van der Waals surface area contributed by atoms with Gasteiger partial charge >= 0.3 is 0 Å². The van der Waals surface area contributed by atoms with Crippen LogP contribution in [0.15, 0.2) is 0 Å². The Morgan fingerprint density at radius 2 is 2.21 bits per heavy atom. The second-order valence-electron chi connectivity index (χ2n) is 4.10. The number of rotatable bonds is 6. The molecule has 14 heavy (non-hydrogen) atoms. The highest BCUT2D eigenvalue weighted by Crippen LogP contribution is 2.13. The Bertz CT molecular complexity index is 155. The maximum Gasteiger partial charge on any atom is 0.0831 e. The molecule has 1 aliphatic heterocycles. The molecular weight excluding hydrogens is 295 g/mol. The molecule has 0 aromatic carbocycles. The van der Waals surface area contributed by atoms with Crippen LogP contribution in [0.2, 0.25) is 0 Å². The van der Waals surface area contributed by atoms with Crippen molar-refractivity contribution < 1.29 is 14.2 Å².